The number of hydrogen-bond acceptors (Lipinski definition) is 4. The van der Waals surface area contributed by atoms with Gasteiger partial charge < -0.3 is 14.6 Å². The second kappa shape index (κ2) is 6.36. The normalized spacial score (nSPS) is 28.1. The van der Waals surface area contributed by atoms with Crippen molar-refractivity contribution in [2.75, 3.05) is 7.11 Å². The van der Waals surface area contributed by atoms with Gasteiger partial charge in [0.15, 0.2) is 0 Å². The van der Waals surface area contributed by atoms with Crippen LogP contribution in [0.4, 0.5) is 0 Å². The van der Waals surface area contributed by atoms with E-state index in [0.717, 1.165) is 12.8 Å². The summed E-state index contributed by atoms with van der Waals surface area (Å²) in [5.74, 6) is -0.197. The number of methoxy groups -OCH3 is 1. The molecule has 17 heavy (non-hydrogen) atoms. The molecule has 0 aliphatic carbocycles. The first-order chi connectivity index (χ1) is 7.95. The van der Waals surface area contributed by atoms with Crippen LogP contribution in [-0.2, 0) is 14.3 Å². The number of aliphatic hydroxyl groups excluding tert-OH is 1. The Balaban J connectivity index is 2.39. The predicted octanol–water partition coefficient (Wildman–Crippen LogP) is 1.75. The molecule has 0 unspecified atom stereocenters. The Kier molecular flexibility index (Phi) is 5.40. The van der Waals surface area contributed by atoms with Crippen molar-refractivity contribution in [1.82, 2.24) is 0 Å². The second-order valence-corrected chi connectivity index (χ2v) is 5.23. The standard InChI is InChI=1S/C13H24O4/c1-8(2)11(14)7-10-5-6-12(17-10)9(3)13(15)16-4/h8-12,14H,5-7H2,1-4H3/t9-,10+,11+,12-/m0/s1. The topological polar surface area (TPSA) is 55.8 Å². The number of carbonyl (C=O) groups excluding carboxylic acids is 1. The van der Waals surface area contributed by atoms with Crippen LogP contribution in [0.25, 0.3) is 0 Å². The van der Waals surface area contributed by atoms with Gasteiger partial charge in [0.1, 0.15) is 0 Å². The zero-order chi connectivity index (χ0) is 13.0. The fraction of sp³-hybridized carbons (Fsp3) is 0.923. The molecule has 0 aromatic carbocycles. The lowest BCUT2D eigenvalue weighted by Crippen LogP contribution is -2.28. The van der Waals surface area contributed by atoms with Gasteiger partial charge in [0.2, 0.25) is 0 Å². The first-order valence-electron chi connectivity index (χ1n) is 6.37. The average molecular weight is 244 g/mol. The molecule has 1 aliphatic heterocycles. The van der Waals surface area contributed by atoms with E-state index in [4.69, 9.17) is 9.47 Å². The molecule has 1 aliphatic rings. The van der Waals surface area contributed by atoms with Crippen LogP contribution in [0.1, 0.15) is 40.0 Å². The van der Waals surface area contributed by atoms with Gasteiger partial charge in [-0.3, -0.25) is 4.79 Å². The summed E-state index contributed by atoms with van der Waals surface area (Å²) in [4.78, 5) is 11.4. The monoisotopic (exact) mass is 244 g/mol. The number of esters is 1. The van der Waals surface area contributed by atoms with Crippen LogP contribution < -0.4 is 0 Å². The van der Waals surface area contributed by atoms with Crippen molar-refractivity contribution < 1.29 is 19.4 Å². The highest BCUT2D eigenvalue weighted by atomic mass is 16.5. The molecule has 0 aromatic rings. The Morgan fingerprint density at radius 2 is 2.06 bits per heavy atom. The van der Waals surface area contributed by atoms with Crippen LogP contribution in [0.5, 0.6) is 0 Å². The largest absolute Gasteiger partial charge is 0.469 e. The molecular formula is C13H24O4. The van der Waals surface area contributed by atoms with Crippen molar-refractivity contribution >= 4 is 5.97 Å². The van der Waals surface area contributed by atoms with Gasteiger partial charge in [-0.05, 0) is 32.1 Å². The number of aliphatic hydroxyl groups is 1. The van der Waals surface area contributed by atoms with E-state index < -0.39 is 0 Å². The third kappa shape index (κ3) is 3.96. The van der Waals surface area contributed by atoms with E-state index in [0.29, 0.717) is 6.42 Å². The lowest BCUT2D eigenvalue weighted by Gasteiger charge is -2.21. The molecule has 4 heteroatoms. The molecule has 1 heterocycles. The summed E-state index contributed by atoms with van der Waals surface area (Å²) in [6, 6.07) is 0. The SMILES string of the molecule is COC(=O)[C@@H](C)[C@@H]1CC[C@H](C[C@@H](O)C(C)C)O1. The highest BCUT2D eigenvalue weighted by molar-refractivity contribution is 5.72. The van der Waals surface area contributed by atoms with Crippen molar-refractivity contribution in [1.29, 1.82) is 0 Å². The Hall–Kier alpha value is -0.610. The van der Waals surface area contributed by atoms with Crippen molar-refractivity contribution in [2.45, 2.75) is 58.3 Å². The minimum absolute atomic E-state index is 0.0631. The summed E-state index contributed by atoms with van der Waals surface area (Å²) in [6.45, 7) is 5.82. The maximum absolute atomic E-state index is 11.4. The fourth-order valence-electron chi connectivity index (χ4n) is 2.15. The highest BCUT2D eigenvalue weighted by Crippen LogP contribution is 2.29. The smallest absolute Gasteiger partial charge is 0.311 e. The summed E-state index contributed by atoms with van der Waals surface area (Å²) in [5, 5.41) is 9.80. The molecule has 0 aromatic heterocycles. The van der Waals surface area contributed by atoms with Gasteiger partial charge in [-0.25, -0.2) is 0 Å². The van der Waals surface area contributed by atoms with E-state index in [1.54, 1.807) is 0 Å². The third-order valence-electron chi connectivity index (χ3n) is 3.54. The molecule has 0 saturated carbocycles. The van der Waals surface area contributed by atoms with Crippen LogP contribution in [0.15, 0.2) is 0 Å². The van der Waals surface area contributed by atoms with Gasteiger partial charge in [0.25, 0.3) is 0 Å². The molecule has 0 bridgehead atoms. The van der Waals surface area contributed by atoms with E-state index >= 15 is 0 Å². The molecule has 4 nitrogen and oxygen atoms in total. The van der Waals surface area contributed by atoms with Gasteiger partial charge in [-0.15, -0.1) is 0 Å². The average Bonchev–Trinajstić information content (AvgIpc) is 2.75. The van der Waals surface area contributed by atoms with E-state index in [9.17, 15) is 9.90 Å². The zero-order valence-electron chi connectivity index (χ0n) is 11.2. The van der Waals surface area contributed by atoms with Crippen LogP contribution in [0, 0.1) is 11.8 Å². The van der Waals surface area contributed by atoms with Gasteiger partial charge in [-0.1, -0.05) is 13.8 Å². The molecule has 4 atom stereocenters. The number of rotatable bonds is 5. The molecule has 0 spiro atoms. The van der Waals surface area contributed by atoms with Gasteiger partial charge in [-0.2, -0.15) is 0 Å². The summed E-state index contributed by atoms with van der Waals surface area (Å²) < 4.78 is 10.5. The number of ether oxygens (including phenoxy) is 2. The van der Waals surface area contributed by atoms with E-state index in [1.165, 1.54) is 7.11 Å². The number of hydrogen-bond donors (Lipinski definition) is 1. The number of carbonyl (C=O) groups is 1. The first kappa shape index (κ1) is 14.5. The lowest BCUT2D eigenvalue weighted by molar-refractivity contribution is -0.150. The summed E-state index contributed by atoms with van der Waals surface area (Å²) in [5.41, 5.74) is 0. The summed E-state index contributed by atoms with van der Waals surface area (Å²) in [6.07, 6.45) is 2.12. The molecule has 100 valence electrons. The van der Waals surface area contributed by atoms with Crippen LogP contribution in [-0.4, -0.2) is 36.5 Å². The Morgan fingerprint density at radius 3 is 2.59 bits per heavy atom. The lowest BCUT2D eigenvalue weighted by atomic mass is 9.98. The molecule has 0 radical (unpaired) electrons. The maximum Gasteiger partial charge on any atom is 0.311 e. The van der Waals surface area contributed by atoms with E-state index in [2.05, 4.69) is 0 Å². The Bertz CT molecular complexity index is 252. The molecule has 0 amide bonds. The fourth-order valence-corrected chi connectivity index (χ4v) is 2.15. The van der Waals surface area contributed by atoms with Crippen LogP contribution in [0.3, 0.4) is 0 Å². The maximum atomic E-state index is 11.4. The van der Waals surface area contributed by atoms with Crippen molar-refractivity contribution in [2.24, 2.45) is 11.8 Å². The van der Waals surface area contributed by atoms with Gasteiger partial charge in [0, 0.05) is 0 Å². The van der Waals surface area contributed by atoms with E-state index in [-0.39, 0.29) is 36.1 Å². The van der Waals surface area contributed by atoms with Crippen molar-refractivity contribution in [3.8, 4) is 0 Å². The van der Waals surface area contributed by atoms with Gasteiger partial charge >= 0.3 is 5.97 Å². The third-order valence-corrected chi connectivity index (χ3v) is 3.54. The molecule has 1 fully saturated rings. The summed E-state index contributed by atoms with van der Waals surface area (Å²) >= 11 is 0. The quantitative estimate of drug-likeness (QED) is 0.749. The van der Waals surface area contributed by atoms with Gasteiger partial charge in [0.05, 0.1) is 31.3 Å². The Labute approximate surface area is 103 Å². The molecule has 1 rings (SSSR count). The van der Waals surface area contributed by atoms with Crippen molar-refractivity contribution in [3.05, 3.63) is 0 Å². The highest BCUT2D eigenvalue weighted by Gasteiger charge is 2.34. The predicted molar refractivity (Wildman–Crippen MR) is 64.5 cm³/mol. The minimum atomic E-state index is -0.327. The first-order valence-corrected chi connectivity index (χ1v) is 6.37. The minimum Gasteiger partial charge on any atom is -0.469 e. The molecular weight excluding hydrogens is 220 g/mol. The van der Waals surface area contributed by atoms with E-state index in [1.807, 2.05) is 20.8 Å². The van der Waals surface area contributed by atoms with Crippen LogP contribution in [0.2, 0.25) is 0 Å². The molecule has 1 N–H and O–H groups in total. The zero-order valence-corrected chi connectivity index (χ0v) is 11.2. The van der Waals surface area contributed by atoms with Crippen LogP contribution >= 0.6 is 0 Å². The Morgan fingerprint density at radius 1 is 1.41 bits per heavy atom. The molecule has 1 saturated heterocycles. The second-order valence-electron chi connectivity index (χ2n) is 5.23. The summed E-state index contributed by atoms with van der Waals surface area (Å²) in [7, 11) is 1.40. The van der Waals surface area contributed by atoms with Crippen molar-refractivity contribution in [3.63, 3.8) is 0 Å².